The Morgan fingerprint density at radius 1 is 1.04 bits per heavy atom. The summed E-state index contributed by atoms with van der Waals surface area (Å²) in [5, 5.41) is 2.61. The number of ether oxygens (including phenoxy) is 1. The van der Waals surface area contributed by atoms with Crippen LogP contribution in [0.5, 0.6) is 0 Å². The molecule has 0 fully saturated rings. The van der Waals surface area contributed by atoms with Crippen LogP contribution in [-0.4, -0.2) is 33.4 Å². The summed E-state index contributed by atoms with van der Waals surface area (Å²) in [5.74, 6) is -4.26. The first-order chi connectivity index (χ1) is 13.2. The number of rotatable bonds is 8. The molecule has 150 valence electrons. The summed E-state index contributed by atoms with van der Waals surface area (Å²) in [6.07, 6.45) is 0. The van der Waals surface area contributed by atoms with Gasteiger partial charge in [0, 0.05) is 0 Å². The third kappa shape index (κ3) is 5.83. The van der Waals surface area contributed by atoms with E-state index in [1.807, 2.05) is 30.3 Å². The van der Waals surface area contributed by atoms with Crippen molar-refractivity contribution in [2.75, 3.05) is 13.2 Å². The van der Waals surface area contributed by atoms with Gasteiger partial charge in [-0.3, -0.25) is 9.59 Å². The van der Waals surface area contributed by atoms with Crippen LogP contribution in [0, 0.1) is 11.6 Å². The van der Waals surface area contributed by atoms with Crippen LogP contribution in [0.1, 0.15) is 18.5 Å². The average molecular weight is 412 g/mol. The van der Waals surface area contributed by atoms with Gasteiger partial charge in [-0.15, -0.1) is 0 Å². The van der Waals surface area contributed by atoms with Crippen molar-refractivity contribution in [3.05, 3.63) is 65.7 Å². The van der Waals surface area contributed by atoms with Gasteiger partial charge >= 0.3 is 5.97 Å². The molecule has 0 heterocycles. The van der Waals surface area contributed by atoms with Crippen LogP contribution in [-0.2, 0) is 24.3 Å². The number of carbonyl (C=O) groups is 2. The van der Waals surface area contributed by atoms with Crippen LogP contribution in [0.3, 0.4) is 0 Å². The zero-order chi connectivity index (χ0) is 20.7. The van der Waals surface area contributed by atoms with Crippen LogP contribution in [0.2, 0.25) is 0 Å². The molecule has 1 amide bonds. The van der Waals surface area contributed by atoms with E-state index < -0.39 is 51.6 Å². The molecule has 2 rings (SSSR count). The van der Waals surface area contributed by atoms with Crippen LogP contribution in [0.15, 0.2) is 53.4 Å². The molecular formula is C18H18F2N2O5S. The molecule has 0 aliphatic heterocycles. The Morgan fingerprint density at radius 3 is 2.25 bits per heavy atom. The summed E-state index contributed by atoms with van der Waals surface area (Å²) in [5.41, 5.74) is 0.849. The van der Waals surface area contributed by atoms with Crippen LogP contribution in [0.4, 0.5) is 8.78 Å². The third-order valence-electron chi connectivity index (χ3n) is 3.64. The minimum atomic E-state index is -4.61. The SMILES string of the molecule is C[C@H](NC(=O)COC(=O)CNS(=O)(=O)c1c(F)cccc1F)c1ccccc1. The number of nitrogens with one attached hydrogen (secondary N) is 2. The lowest BCUT2D eigenvalue weighted by atomic mass is 10.1. The van der Waals surface area contributed by atoms with Crippen molar-refractivity contribution < 1.29 is 31.5 Å². The van der Waals surface area contributed by atoms with Crippen molar-refractivity contribution in [2.24, 2.45) is 0 Å². The molecule has 0 aromatic heterocycles. The second-order valence-corrected chi connectivity index (χ2v) is 7.44. The Hall–Kier alpha value is -2.85. The van der Waals surface area contributed by atoms with Crippen molar-refractivity contribution in [3.63, 3.8) is 0 Å². The van der Waals surface area contributed by atoms with Gasteiger partial charge in [0.1, 0.15) is 18.2 Å². The fourth-order valence-electron chi connectivity index (χ4n) is 2.27. The fraction of sp³-hybridized carbons (Fsp3) is 0.222. The van der Waals surface area contributed by atoms with Crippen LogP contribution in [0.25, 0.3) is 0 Å². The van der Waals surface area contributed by atoms with Gasteiger partial charge < -0.3 is 10.1 Å². The normalized spacial score (nSPS) is 12.2. The zero-order valence-corrected chi connectivity index (χ0v) is 15.6. The lowest BCUT2D eigenvalue weighted by Gasteiger charge is -2.14. The predicted molar refractivity (Wildman–Crippen MR) is 95.5 cm³/mol. The molecule has 0 aliphatic rings. The maximum Gasteiger partial charge on any atom is 0.321 e. The Bertz CT molecular complexity index is 931. The molecule has 0 spiro atoms. The zero-order valence-electron chi connectivity index (χ0n) is 14.8. The Labute approximate surface area is 160 Å². The largest absolute Gasteiger partial charge is 0.455 e. The second kappa shape index (κ2) is 9.38. The van der Waals surface area contributed by atoms with Crippen molar-refractivity contribution >= 4 is 21.9 Å². The van der Waals surface area contributed by atoms with Gasteiger partial charge in [0.05, 0.1) is 6.04 Å². The number of esters is 1. The van der Waals surface area contributed by atoms with Crippen LogP contribution < -0.4 is 10.0 Å². The van der Waals surface area contributed by atoms with E-state index in [2.05, 4.69) is 10.1 Å². The topological polar surface area (TPSA) is 102 Å². The molecule has 0 unspecified atom stereocenters. The van der Waals surface area contributed by atoms with Crippen molar-refractivity contribution in [2.45, 2.75) is 17.9 Å². The summed E-state index contributed by atoms with van der Waals surface area (Å²) < 4.78 is 57.4. The first-order valence-corrected chi connectivity index (χ1v) is 9.62. The van der Waals surface area contributed by atoms with E-state index in [0.717, 1.165) is 23.8 Å². The lowest BCUT2D eigenvalue weighted by Crippen LogP contribution is -2.35. The fourth-order valence-corrected chi connectivity index (χ4v) is 3.37. The second-order valence-electron chi connectivity index (χ2n) is 5.74. The van der Waals surface area contributed by atoms with E-state index in [4.69, 9.17) is 0 Å². The number of amides is 1. The molecule has 0 radical (unpaired) electrons. The molecule has 2 aromatic rings. The van der Waals surface area contributed by atoms with Crippen LogP contribution >= 0.6 is 0 Å². The minimum absolute atomic E-state index is 0.324. The highest BCUT2D eigenvalue weighted by atomic mass is 32.2. The van der Waals surface area contributed by atoms with Gasteiger partial charge in [0.15, 0.2) is 11.5 Å². The quantitative estimate of drug-likeness (QED) is 0.643. The number of carbonyl (C=O) groups excluding carboxylic acids is 2. The molecule has 2 N–H and O–H groups in total. The molecule has 0 saturated heterocycles. The first kappa shape index (κ1) is 21.5. The van der Waals surface area contributed by atoms with Gasteiger partial charge in [-0.2, -0.15) is 4.72 Å². The molecule has 1 atom stereocenters. The van der Waals surface area contributed by atoms with Crippen molar-refractivity contribution in [1.82, 2.24) is 10.0 Å². The summed E-state index contributed by atoms with van der Waals surface area (Å²) in [7, 11) is -4.61. The molecule has 2 aromatic carbocycles. The number of hydrogen-bond acceptors (Lipinski definition) is 5. The highest BCUT2D eigenvalue weighted by Crippen LogP contribution is 2.17. The summed E-state index contributed by atoms with van der Waals surface area (Å²) in [6, 6.07) is 11.3. The highest BCUT2D eigenvalue weighted by Gasteiger charge is 2.24. The number of sulfonamides is 1. The average Bonchev–Trinajstić information content (AvgIpc) is 2.65. The third-order valence-corrected chi connectivity index (χ3v) is 5.09. The van der Waals surface area contributed by atoms with Gasteiger partial charge in [-0.25, -0.2) is 17.2 Å². The maximum absolute atomic E-state index is 13.6. The van der Waals surface area contributed by atoms with Gasteiger partial charge in [0.2, 0.25) is 10.0 Å². The number of halogens is 2. The molecule has 10 heteroatoms. The summed E-state index contributed by atoms with van der Waals surface area (Å²) >= 11 is 0. The standard InChI is InChI=1S/C18H18F2N2O5S/c1-12(13-6-3-2-4-7-13)22-16(23)11-27-17(24)10-21-28(25,26)18-14(19)8-5-9-15(18)20/h2-9,12,21H,10-11H2,1H3,(H,22,23)/t12-/m0/s1. The molecule has 28 heavy (non-hydrogen) atoms. The van der Waals surface area contributed by atoms with E-state index in [1.54, 1.807) is 11.6 Å². The maximum atomic E-state index is 13.6. The van der Waals surface area contributed by atoms with Gasteiger partial charge in [-0.05, 0) is 24.6 Å². The van der Waals surface area contributed by atoms with E-state index >= 15 is 0 Å². The number of benzene rings is 2. The summed E-state index contributed by atoms with van der Waals surface area (Å²) in [4.78, 5) is 22.3. The van der Waals surface area contributed by atoms with Gasteiger partial charge in [0.25, 0.3) is 5.91 Å². The Morgan fingerprint density at radius 2 is 1.64 bits per heavy atom. The van der Waals surface area contributed by atoms with Crippen molar-refractivity contribution in [3.8, 4) is 0 Å². The highest BCUT2D eigenvalue weighted by molar-refractivity contribution is 7.89. The molecule has 0 aliphatic carbocycles. The van der Waals surface area contributed by atoms with E-state index in [9.17, 15) is 26.8 Å². The molecule has 0 saturated carbocycles. The predicted octanol–water partition coefficient (Wildman–Crippen LogP) is 1.66. The lowest BCUT2D eigenvalue weighted by molar-refractivity contribution is -0.147. The molecular weight excluding hydrogens is 394 g/mol. The number of hydrogen-bond donors (Lipinski definition) is 2. The van der Waals surface area contributed by atoms with E-state index in [-0.39, 0.29) is 6.04 Å². The first-order valence-electron chi connectivity index (χ1n) is 8.14. The van der Waals surface area contributed by atoms with E-state index in [1.165, 1.54) is 0 Å². The van der Waals surface area contributed by atoms with Gasteiger partial charge in [-0.1, -0.05) is 36.4 Å². The van der Waals surface area contributed by atoms with E-state index in [0.29, 0.717) is 0 Å². The molecule has 0 bridgehead atoms. The smallest absolute Gasteiger partial charge is 0.321 e. The Balaban J connectivity index is 1.83. The Kier molecular flexibility index (Phi) is 7.18. The monoisotopic (exact) mass is 412 g/mol. The summed E-state index contributed by atoms with van der Waals surface area (Å²) in [6.45, 7) is 0.218. The minimum Gasteiger partial charge on any atom is -0.455 e. The van der Waals surface area contributed by atoms with Crippen molar-refractivity contribution in [1.29, 1.82) is 0 Å². The molecule has 7 nitrogen and oxygen atoms in total.